The van der Waals surface area contributed by atoms with E-state index in [1.807, 2.05) is 55.5 Å². The van der Waals surface area contributed by atoms with Crippen LogP contribution in [0.15, 0.2) is 71.6 Å². The molecule has 0 unspecified atom stereocenters. The van der Waals surface area contributed by atoms with Gasteiger partial charge in [0, 0.05) is 28.3 Å². The van der Waals surface area contributed by atoms with E-state index in [1.165, 1.54) is 18.7 Å². The van der Waals surface area contributed by atoms with Crippen molar-refractivity contribution in [2.24, 2.45) is 0 Å². The lowest BCUT2D eigenvalue weighted by atomic mass is 9.90. The monoisotopic (exact) mass is 557 g/mol. The van der Waals surface area contributed by atoms with Gasteiger partial charge in [-0.3, -0.25) is 4.79 Å². The zero-order chi connectivity index (χ0) is 27.2. The van der Waals surface area contributed by atoms with Crippen LogP contribution >= 0.6 is 23.4 Å². The summed E-state index contributed by atoms with van der Waals surface area (Å²) in [6.45, 7) is 3.98. The molecular formula is C29H32ClNO6S. The number of anilines is 1. The van der Waals surface area contributed by atoms with Gasteiger partial charge in [0.05, 0.1) is 12.7 Å². The zero-order valence-corrected chi connectivity index (χ0v) is 22.8. The fourth-order valence-electron chi connectivity index (χ4n) is 4.41. The van der Waals surface area contributed by atoms with Crippen LogP contribution < -0.4 is 10.1 Å². The van der Waals surface area contributed by atoms with Gasteiger partial charge in [0.1, 0.15) is 30.2 Å². The van der Waals surface area contributed by atoms with Crippen LogP contribution in [0.5, 0.6) is 5.75 Å². The average Bonchev–Trinajstić information content (AvgIpc) is 2.89. The molecule has 1 fully saturated rings. The van der Waals surface area contributed by atoms with Gasteiger partial charge in [-0.15, -0.1) is 11.8 Å². The molecule has 1 aliphatic rings. The van der Waals surface area contributed by atoms with Gasteiger partial charge in [-0.25, -0.2) is 0 Å². The lowest BCUT2D eigenvalue weighted by molar-refractivity contribution is -0.218. The summed E-state index contributed by atoms with van der Waals surface area (Å²) in [4.78, 5) is 12.2. The number of carbonyl (C=O) groups is 1. The molecule has 4 rings (SSSR count). The molecule has 3 aromatic carbocycles. The normalized spacial score (nSPS) is 23.2. The highest BCUT2D eigenvalue weighted by Crippen LogP contribution is 2.36. The van der Waals surface area contributed by atoms with E-state index in [-0.39, 0.29) is 5.91 Å². The third-order valence-corrected chi connectivity index (χ3v) is 7.76. The standard InChI is InChI=1S/C29H32ClNO6S/c1-3-36-22-10-7-18(8-11-22)13-20-14-19(9-12-24(20)30)29-28(35)27(34)26(33)25(37-29)16-38-23-6-4-5-21(15-23)31-17(2)32/h4-12,14-15,25-29,33-35H,3,13,16H2,1-2H3,(H,31,32)/t25-,26+,27-,28-,29+/m1/s1. The minimum atomic E-state index is -1.38. The highest BCUT2D eigenvalue weighted by Gasteiger charge is 2.44. The molecular weight excluding hydrogens is 526 g/mol. The fraction of sp³-hybridized carbons (Fsp3) is 0.345. The SMILES string of the molecule is CCOc1ccc(Cc2cc([C@@H]3O[C@H](CSc4cccc(NC(C)=O)c4)[C@H](O)[C@@H](O)[C@H]3O)ccc2Cl)cc1. The third-order valence-electron chi connectivity index (χ3n) is 6.31. The minimum absolute atomic E-state index is 0.164. The number of thioether (sulfide) groups is 1. The fourth-order valence-corrected chi connectivity index (χ4v) is 5.61. The van der Waals surface area contributed by atoms with Gasteiger partial charge in [0.15, 0.2) is 0 Å². The summed E-state index contributed by atoms with van der Waals surface area (Å²) in [6, 6.07) is 20.5. The first-order valence-corrected chi connectivity index (χ1v) is 13.8. The third kappa shape index (κ3) is 7.08. The molecule has 0 aromatic heterocycles. The van der Waals surface area contributed by atoms with Crippen LogP contribution in [0.3, 0.4) is 0 Å². The summed E-state index contributed by atoms with van der Waals surface area (Å²) in [5.74, 6) is 0.966. The first kappa shape index (κ1) is 28.4. The van der Waals surface area contributed by atoms with Gasteiger partial charge in [0.25, 0.3) is 0 Å². The average molecular weight is 558 g/mol. The van der Waals surface area contributed by atoms with Crippen LogP contribution in [0, 0.1) is 0 Å². The summed E-state index contributed by atoms with van der Waals surface area (Å²) >= 11 is 7.92. The molecule has 0 bridgehead atoms. The zero-order valence-electron chi connectivity index (χ0n) is 21.2. The Labute approximate surface area is 231 Å². The van der Waals surface area contributed by atoms with Crippen LogP contribution in [-0.2, 0) is 16.0 Å². The molecule has 1 heterocycles. The molecule has 1 amide bonds. The van der Waals surface area contributed by atoms with E-state index in [0.29, 0.717) is 35.1 Å². The van der Waals surface area contributed by atoms with Crippen molar-refractivity contribution in [3.05, 3.63) is 88.4 Å². The molecule has 1 saturated heterocycles. The molecule has 0 radical (unpaired) electrons. The molecule has 38 heavy (non-hydrogen) atoms. The van der Waals surface area contributed by atoms with Crippen LogP contribution in [0.2, 0.25) is 5.02 Å². The van der Waals surface area contributed by atoms with Crippen molar-refractivity contribution in [3.63, 3.8) is 0 Å². The van der Waals surface area contributed by atoms with Crippen LogP contribution in [-0.4, -0.2) is 58.0 Å². The Kier molecular flexibility index (Phi) is 9.70. The second kappa shape index (κ2) is 13.0. The Hall–Kier alpha value is -2.59. The molecule has 0 spiro atoms. The van der Waals surface area contributed by atoms with E-state index in [2.05, 4.69) is 5.32 Å². The van der Waals surface area contributed by atoms with E-state index in [4.69, 9.17) is 21.1 Å². The number of hydrogen-bond donors (Lipinski definition) is 4. The van der Waals surface area contributed by atoms with Crippen molar-refractivity contribution >= 4 is 35.0 Å². The highest BCUT2D eigenvalue weighted by molar-refractivity contribution is 7.99. The molecule has 5 atom stereocenters. The maximum absolute atomic E-state index is 11.4. The van der Waals surface area contributed by atoms with Crippen LogP contribution in [0.4, 0.5) is 5.69 Å². The number of carbonyl (C=O) groups excluding carboxylic acids is 1. The molecule has 4 N–H and O–H groups in total. The molecule has 0 aliphatic carbocycles. The smallest absolute Gasteiger partial charge is 0.221 e. The molecule has 3 aromatic rings. The van der Waals surface area contributed by atoms with Crippen molar-refractivity contribution in [2.45, 2.75) is 55.7 Å². The van der Waals surface area contributed by atoms with Crippen LogP contribution in [0.25, 0.3) is 0 Å². The number of benzene rings is 3. The first-order valence-electron chi connectivity index (χ1n) is 12.4. The summed E-state index contributed by atoms with van der Waals surface area (Å²) in [6.07, 6.45) is -4.97. The van der Waals surface area contributed by atoms with Crippen molar-refractivity contribution in [1.29, 1.82) is 0 Å². The van der Waals surface area contributed by atoms with Crippen molar-refractivity contribution < 1.29 is 29.6 Å². The number of hydrogen-bond acceptors (Lipinski definition) is 7. The van der Waals surface area contributed by atoms with E-state index < -0.39 is 30.5 Å². The predicted molar refractivity (Wildman–Crippen MR) is 149 cm³/mol. The Morgan fingerprint density at radius 3 is 2.50 bits per heavy atom. The van der Waals surface area contributed by atoms with Gasteiger partial charge in [-0.2, -0.15) is 0 Å². The van der Waals surface area contributed by atoms with Gasteiger partial charge in [0.2, 0.25) is 5.91 Å². The number of nitrogens with one attached hydrogen (secondary N) is 1. The quantitative estimate of drug-likeness (QED) is 0.285. The Bertz CT molecular complexity index is 1240. The van der Waals surface area contributed by atoms with Gasteiger partial charge in [-0.1, -0.05) is 41.9 Å². The van der Waals surface area contributed by atoms with Crippen LogP contribution in [0.1, 0.15) is 36.6 Å². The maximum atomic E-state index is 11.4. The highest BCUT2D eigenvalue weighted by atomic mass is 35.5. The number of rotatable bonds is 9. The number of aliphatic hydroxyl groups is 3. The summed E-state index contributed by atoms with van der Waals surface area (Å²) in [7, 11) is 0. The lowest BCUT2D eigenvalue weighted by Gasteiger charge is -2.41. The minimum Gasteiger partial charge on any atom is -0.494 e. The molecule has 9 heteroatoms. The molecule has 0 saturated carbocycles. The van der Waals surface area contributed by atoms with Gasteiger partial charge >= 0.3 is 0 Å². The molecule has 202 valence electrons. The second-order valence-electron chi connectivity index (χ2n) is 9.19. The number of aliphatic hydroxyl groups excluding tert-OH is 3. The van der Waals surface area contributed by atoms with E-state index >= 15 is 0 Å². The van der Waals surface area contributed by atoms with Gasteiger partial charge in [-0.05, 0) is 66.4 Å². The number of amides is 1. The number of ether oxygens (including phenoxy) is 2. The Balaban J connectivity index is 1.48. The summed E-state index contributed by atoms with van der Waals surface area (Å²) in [5.41, 5.74) is 3.23. The number of halogens is 1. The Morgan fingerprint density at radius 1 is 1.03 bits per heavy atom. The van der Waals surface area contributed by atoms with E-state index in [1.54, 1.807) is 18.2 Å². The van der Waals surface area contributed by atoms with E-state index in [0.717, 1.165) is 21.8 Å². The lowest BCUT2D eigenvalue weighted by Crippen LogP contribution is -2.54. The van der Waals surface area contributed by atoms with Crippen molar-refractivity contribution in [1.82, 2.24) is 0 Å². The molecule has 7 nitrogen and oxygen atoms in total. The maximum Gasteiger partial charge on any atom is 0.221 e. The topological polar surface area (TPSA) is 108 Å². The van der Waals surface area contributed by atoms with E-state index in [9.17, 15) is 20.1 Å². The van der Waals surface area contributed by atoms with Crippen molar-refractivity contribution in [3.8, 4) is 5.75 Å². The first-order chi connectivity index (χ1) is 18.2. The second-order valence-corrected chi connectivity index (χ2v) is 10.7. The Morgan fingerprint density at radius 2 is 1.79 bits per heavy atom. The summed E-state index contributed by atoms with van der Waals surface area (Å²) in [5, 5.41) is 35.4. The summed E-state index contributed by atoms with van der Waals surface area (Å²) < 4.78 is 11.7. The molecule has 1 aliphatic heterocycles. The predicted octanol–water partition coefficient (Wildman–Crippen LogP) is 4.60. The van der Waals surface area contributed by atoms with Gasteiger partial charge < -0.3 is 30.1 Å². The van der Waals surface area contributed by atoms with Crippen molar-refractivity contribution in [2.75, 3.05) is 17.7 Å². The largest absolute Gasteiger partial charge is 0.494 e.